The number of fused-ring (bicyclic) bond motifs is 1. The highest BCUT2D eigenvalue weighted by Gasteiger charge is 2.30. The second kappa shape index (κ2) is 8.23. The van der Waals surface area contributed by atoms with Gasteiger partial charge in [-0.25, -0.2) is 0 Å². The molecule has 3 nitrogen and oxygen atoms in total. The van der Waals surface area contributed by atoms with Crippen molar-refractivity contribution in [3.05, 3.63) is 94.0 Å². The molecule has 2 aromatic carbocycles. The van der Waals surface area contributed by atoms with E-state index < -0.39 is 11.7 Å². The Morgan fingerprint density at radius 3 is 2.52 bits per heavy atom. The van der Waals surface area contributed by atoms with Gasteiger partial charge in [-0.05, 0) is 49.2 Å². The maximum absolute atomic E-state index is 13.1. The Morgan fingerprint density at radius 2 is 1.81 bits per heavy atom. The minimum atomic E-state index is -4.41. The van der Waals surface area contributed by atoms with E-state index in [1.54, 1.807) is 17.4 Å². The molecule has 0 aliphatic rings. The molecule has 0 saturated carbocycles. The highest BCUT2D eigenvalue weighted by atomic mass is 32.1. The van der Waals surface area contributed by atoms with E-state index in [2.05, 4.69) is 11.4 Å². The van der Waals surface area contributed by atoms with Crippen LogP contribution in [0.15, 0.2) is 66.7 Å². The molecule has 0 radical (unpaired) electrons. The predicted molar refractivity (Wildman–Crippen MR) is 117 cm³/mol. The number of amides is 1. The summed E-state index contributed by atoms with van der Waals surface area (Å²) >= 11 is 1.61. The van der Waals surface area contributed by atoms with Crippen LogP contribution in [0.25, 0.3) is 10.2 Å². The number of thiophene rings is 1. The first-order chi connectivity index (χ1) is 14.7. The topological polar surface area (TPSA) is 34.0 Å². The average molecular weight is 443 g/mol. The molecule has 2 aromatic heterocycles. The van der Waals surface area contributed by atoms with Crippen LogP contribution in [0.1, 0.15) is 45.0 Å². The van der Waals surface area contributed by atoms with Gasteiger partial charge in [-0.1, -0.05) is 42.5 Å². The zero-order valence-electron chi connectivity index (χ0n) is 17.0. The molecule has 0 fully saturated rings. The van der Waals surface area contributed by atoms with E-state index in [4.69, 9.17) is 0 Å². The summed E-state index contributed by atoms with van der Waals surface area (Å²) in [5.74, 6) is -0.318. The Bertz CT molecular complexity index is 1220. The number of halogens is 3. The van der Waals surface area contributed by atoms with E-state index in [9.17, 15) is 18.0 Å². The molecule has 160 valence electrons. The first-order valence-corrected chi connectivity index (χ1v) is 10.7. The molecule has 0 bridgehead atoms. The van der Waals surface area contributed by atoms with Gasteiger partial charge in [0.1, 0.15) is 5.69 Å². The summed E-state index contributed by atoms with van der Waals surface area (Å²) in [6, 6.07) is 18.7. The van der Waals surface area contributed by atoms with E-state index in [0.717, 1.165) is 32.8 Å². The summed E-state index contributed by atoms with van der Waals surface area (Å²) in [6.07, 6.45) is -4.41. The van der Waals surface area contributed by atoms with Crippen molar-refractivity contribution >= 4 is 27.5 Å². The normalized spacial score (nSPS) is 12.8. The summed E-state index contributed by atoms with van der Waals surface area (Å²) in [5.41, 5.74) is 2.20. The lowest BCUT2D eigenvalue weighted by atomic mass is 10.1. The monoisotopic (exact) mass is 442 g/mol. The van der Waals surface area contributed by atoms with Crippen molar-refractivity contribution < 1.29 is 18.0 Å². The third-order valence-corrected chi connectivity index (χ3v) is 6.25. The molecule has 0 spiro atoms. The zero-order chi connectivity index (χ0) is 22.2. The smallest absolute Gasteiger partial charge is 0.347 e. The Labute approximate surface area is 182 Å². The van der Waals surface area contributed by atoms with Crippen molar-refractivity contribution in [3.63, 3.8) is 0 Å². The number of nitrogens with zero attached hydrogens (tertiary/aromatic N) is 1. The zero-order valence-corrected chi connectivity index (χ0v) is 17.8. The quantitative estimate of drug-likeness (QED) is 0.373. The molecule has 0 aliphatic carbocycles. The first kappa shape index (κ1) is 21.2. The Morgan fingerprint density at radius 1 is 1.06 bits per heavy atom. The molecular formula is C24H21F3N2OS. The Kier molecular flexibility index (Phi) is 5.62. The van der Waals surface area contributed by atoms with Gasteiger partial charge < -0.3 is 9.88 Å². The standard InChI is InChI=1S/C24H21F3N2OS/c1-15-11-20-22(31-15)13-21(29(20)16(2)18-8-4-3-5-9-18)23(30)28-14-17-7-6-10-19(12-17)24(25,26)27/h3-13,16H,14H2,1-2H3,(H,28,30). The number of carbonyl (C=O) groups is 1. The van der Waals surface area contributed by atoms with E-state index in [0.29, 0.717) is 11.3 Å². The fourth-order valence-electron chi connectivity index (χ4n) is 3.74. The summed E-state index contributed by atoms with van der Waals surface area (Å²) in [5, 5.41) is 2.78. The van der Waals surface area contributed by atoms with Crippen molar-refractivity contribution in [3.8, 4) is 0 Å². The van der Waals surface area contributed by atoms with Gasteiger partial charge in [-0.15, -0.1) is 11.3 Å². The molecule has 0 saturated heterocycles. The third kappa shape index (κ3) is 4.37. The van der Waals surface area contributed by atoms with E-state index in [1.165, 1.54) is 6.07 Å². The van der Waals surface area contributed by atoms with Gasteiger partial charge in [0.05, 0.1) is 21.8 Å². The highest BCUT2D eigenvalue weighted by Crippen LogP contribution is 2.33. The van der Waals surface area contributed by atoms with Crippen molar-refractivity contribution in [2.45, 2.75) is 32.6 Å². The number of benzene rings is 2. The van der Waals surface area contributed by atoms with Gasteiger partial charge >= 0.3 is 6.18 Å². The number of aryl methyl sites for hydroxylation is 1. The van der Waals surface area contributed by atoms with Crippen LogP contribution in [0.2, 0.25) is 0 Å². The van der Waals surface area contributed by atoms with Crippen molar-refractivity contribution in [1.29, 1.82) is 0 Å². The second-order valence-electron chi connectivity index (χ2n) is 7.47. The first-order valence-electron chi connectivity index (χ1n) is 9.84. The number of carbonyl (C=O) groups excluding carboxylic acids is 1. The maximum atomic E-state index is 13.1. The fourth-order valence-corrected chi connectivity index (χ4v) is 4.69. The van der Waals surface area contributed by atoms with Crippen LogP contribution in [-0.4, -0.2) is 10.5 Å². The van der Waals surface area contributed by atoms with Gasteiger partial charge in [-0.3, -0.25) is 4.79 Å². The number of aromatic nitrogens is 1. The van der Waals surface area contributed by atoms with Crippen LogP contribution in [0.5, 0.6) is 0 Å². The lowest BCUT2D eigenvalue weighted by molar-refractivity contribution is -0.137. The molecule has 1 N–H and O–H groups in total. The van der Waals surface area contributed by atoms with Gasteiger partial charge in [-0.2, -0.15) is 13.2 Å². The van der Waals surface area contributed by atoms with Crippen LogP contribution >= 0.6 is 11.3 Å². The molecule has 0 aliphatic heterocycles. The largest absolute Gasteiger partial charge is 0.416 e. The summed E-state index contributed by atoms with van der Waals surface area (Å²) in [7, 11) is 0. The van der Waals surface area contributed by atoms with Gasteiger partial charge in [0, 0.05) is 11.4 Å². The molecule has 4 aromatic rings. The molecule has 1 atom stereocenters. The average Bonchev–Trinajstić information content (AvgIpc) is 3.27. The molecule has 7 heteroatoms. The minimum absolute atomic E-state index is 0.0142. The number of nitrogens with one attached hydrogen (secondary N) is 1. The summed E-state index contributed by atoms with van der Waals surface area (Å²) in [6.45, 7) is 4.07. The molecule has 1 amide bonds. The predicted octanol–water partition coefficient (Wildman–Crippen LogP) is 6.57. The highest BCUT2D eigenvalue weighted by molar-refractivity contribution is 7.19. The van der Waals surface area contributed by atoms with Crippen LogP contribution in [0, 0.1) is 6.92 Å². The molecule has 31 heavy (non-hydrogen) atoms. The second-order valence-corrected chi connectivity index (χ2v) is 8.76. The van der Waals surface area contributed by atoms with Crippen LogP contribution in [0.4, 0.5) is 13.2 Å². The van der Waals surface area contributed by atoms with Crippen molar-refractivity contribution in [2.75, 3.05) is 0 Å². The third-order valence-electron chi connectivity index (χ3n) is 5.26. The summed E-state index contributed by atoms with van der Waals surface area (Å²) in [4.78, 5) is 14.2. The maximum Gasteiger partial charge on any atom is 0.416 e. The van der Waals surface area contributed by atoms with E-state index in [-0.39, 0.29) is 18.5 Å². The number of rotatable bonds is 5. The number of hydrogen-bond donors (Lipinski definition) is 1. The van der Waals surface area contributed by atoms with Crippen LogP contribution < -0.4 is 5.32 Å². The summed E-state index contributed by atoms with van der Waals surface area (Å²) < 4.78 is 41.9. The van der Waals surface area contributed by atoms with Crippen LogP contribution in [0.3, 0.4) is 0 Å². The Balaban J connectivity index is 1.63. The van der Waals surface area contributed by atoms with Crippen molar-refractivity contribution in [2.24, 2.45) is 0 Å². The lowest BCUT2D eigenvalue weighted by Gasteiger charge is -2.19. The van der Waals surface area contributed by atoms with Crippen molar-refractivity contribution in [1.82, 2.24) is 9.88 Å². The number of alkyl halides is 3. The van der Waals surface area contributed by atoms with E-state index >= 15 is 0 Å². The fraction of sp³-hybridized carbons (Fsp3) is 0.208. The van der Waals surface area contributed by atoms with Crippen LogP contribution in [-0.2, 0) is 12.7 Å². The van der Waals surface area contributed by atoms with Gasteiger partial charge in [0.2, 0.25) is 0 Å². The molecule has 2 heterocycles. The molecule has 4 rings (SSSR count). The van der Waals surface area contributed by atoms with Gasteiger partial charge in [0.15, 0.2) is 0 Å². The minimum Gasteiger partial charge on any atom is -0.347 e. The van der Waals surface area contributed by atoms with Gasteiger partial charge in [0.25, 0.3) is 5.91 Å². The molecular weight excluding hydrogens is 421 g/mol. The SMILES string of the molecule is Cc1cc2c(cc(C(=O)NCc3cccc(C(F)(F)F)c3)n2C(C)c2ccccc2)s1. The Hall–Kier alpha value is -3.06. The number of hydrogen-bond acceptors (Lipinski definition) is 2. The lowest BCUT2D eigenvalue weighted by Crippen LogP contribution is -2.26. The van der Waals surface area contributed by atoms with E-state index in [1.807, 2.05) is 54.8 Å². The molecule has 1 unspecified atom stereocenters.